The Balaban J connectivity index is 1.91. The van der Waals surface area contributed by atoms with Gasteiger partial charge in [0.25, 0.3) is 5.91 Å². The molecule has 0 bridgehead atoms. The van der Waals surface area contributed by atoms with Gasteiger partial charge in [-0.25, -0.2) is 4.98 Å². The normalized spacial score (nSPS) is 12.5. The number of anilines is 1. The van der Waals surface area contributed by atoms with Crippen molar-refractivity contribution in [3.05, 3.63) is 64.7 Å². The van der Waals surface area contributed by atoms with Crippen LogP contribution in [0.1, 0.15) is 33.9 Å². The Hall–Kier alpha value is -3.60. The summed E-state index contributed by atoms with van der Waals surface area (Å²) in [5, 5.41) is 8.83. The van der Waals surface area contributed by atoms with E-state index in [-0.39, 0.29) is 5.01 Å². The van der Waals surface area contributed by atoms with Gasteiger partial charge in [0.1, 0.15) is 22.0 Å². The Bertz CT molecular complexity index is 1130. The molecule has 3 aromatic rings. The Labute approximate surface area is 186 Å². The van der Waals surface area contributed by atoms with Crippen molar-refractivity contribution in [1.82, 2.24) is 10.3 Å². The molecule has 4 N–H and O–H groups in total. The fourth-order valence-corrected chi connectivity index (χ4v) is 3.98. The highest BCUT2D eigenvalue weighted by molar-refractivity contribution is 7.17. The number of hydrazone groups is 1. The van der Waals surface area contributed by atoms with E-state index in [4.69, 9.17) is 10.6 Å². The molecule has 1 heterocycles. The van der Waals surface area contributed by atoms with E-state index in [0.29, 0.717) is 33.9 Å². The zero-order valence-corrected chi connectivity index (χ0v) is 17.9. The molecule has 1 amide bonds. The fraction of sp³-hybridized carbons (Fsp3) is 0.190. The largest absolute Gasteiger partial charge is 0.496 e. The monoisotopic (exact) mass is 463 g/mol. The van der Waals surface area contributed by atoms with Gasteiger partial charge in [0.2, 0.25) is 0 Å². The Morgan fingerprint density at radius 1 is 1.25 bits per heavy atom. The number of nitrogens with two attached hydrogens (primary N) is 1. The van der Waals surface area contributed by atoms with Crippen LogP contribution in [0.25, 0.3) is 10.6 Å². The van der Waals surface area contributed by atoms with Crippen LogP contribution in [0, 0.1) is 0 Å². The average molecular weight is 463 g/mol. The number of nitrogens with zero attached hydrogens (tertiary/aromatic N) is 2. The van der Waals surface area contributed by atoms with E-state index in [1.54, 1.807) is 55.5 Å². The van der Waals surface area contributed by atoms with Crippen LogP contribution in [0.2, 0.25) is 0 Å². The van der Waals surface area contributed by atoms with Crippen LogP contribution >= 0.6 is 11.3 Å². The first-order chi connectivity index (χ1) is 15.2. The smallest absolute Gasteiger partial charge is 0.435 e. The second kappa shape index (κ2) is 9.69. The van der Waals surface area contributed by atoms with Crippen LogP contribution in [-0.4, -0.2) is 24.3 Å². The standard InChI is InChI=1S/C21H20F3N5O2S/c1-12(13-6-5-7-14(10-13)26-11-27-25)28-19(30)17-18(21(22,23)24)29-20(32-17)15-8-3-4-9-16(15)31-2/h3-12H,25H2,1-2H3,(H,26,27)(H,28,30). The highest BCUT2D eigenvalue weighted by atomic mass is 32.1. The van der Waals surface area contributed by atoms with Gasteiger partial charge in [0, 0.05) is 5.69 Å². The van der Waals surface area contributed by atoms with E-state index in [9.17, 15) is 18.0 Å². The first kappa shape index (κ1) is 23.1. The number of hydrogen-bond acceptors (Lipinski definition) is 6. The van der Waals surface area contributed by atoms with Crippen LogP contribution in [0.5, 0.6) is 5.75 Å². The molecule has 168 valence electrons. The number of benzene rings is 2. The van der Waals surface area contributed by atoms with Crippen LogP contribution < -0.4 is 21.2 Å². The molecule has 11 heteroatoms. The molecule has 7 nitrogen and oxygen atoms in total. The van der Waals surface area contributed by atoms with Gasteiger partial charge >= 0.3 is 6.18 Å². The summed E-state index contributed by atoms with van der Waals surface area (Å²) in [6.45, 7) is 1.67. The maximum atomic E-state index is 13.7. The minimum Gasteiger partial charge on any atom is -0.496 e. The summed E-state index contributed by atoms with van der Waals surface area (Å²) >= 11 is 0.662. The Morgan fingerprint density at radius 2 is 2.00 bits per heavy atom. The third kappa shape index (κ3) is 5.17. The number of carbonyl (C=O) groups excluding carboxylic acids is 1. The number of nitrogens with one attached hydrogen (secondary N) is 2. The lowest BCUT2D eigenvalue weighted by Crippen LogP contribution is -2.28. The quantitative estimate of drug-likeness (QED) is 0.205. The van der Waals surface area contributed by atoms with Gasteiger partial charge in [0.05, 0.1) is 18.7 Å². The molecule has 0 radical (unpaired) electrons. The molecule has 0 aliphatic carbocycles. The average Bonchev–Trinajstić information content (AvgIpc) is 3.24. The van der Waals surface area contributed by atoms with Gasteiger partial charge in [-0.15, -0.1) is 11.3 Å². The molecule has 0 spiro atoms. The lowest BCUT2D eigenvalue weighted by atomic mass is 10.1. The molecule has 1 atom stereocenters. The topological polar surface area (TPSA) is 102 Å². The van der Waals surface area contributed by atoms with Crippen LogP contribution in [0.15, 0.2) is 53.6 Å². The second-order valence-electron chi connectivity index (χ2n) is 6.64. The number of halogens is 3. The Morgan fingerprint density at radius 3 is 2.69 bits per heavy atom. The van der Waals surface area contributed by atoms with E-state index < -0.39 is 28.7 Å². The predicted octanol–water partition coefficient (Wildman–Crippen LogP) is 4.64. The molecule has 1 unspecified atom stereocenters. The summed E-state index contributed by atoms with van der Waals surface area (Å²) in [6, 6.07) is 12.9. The molecule has 0 fully saturated rings. The van der Waals surface area contributed by atoms with Gasteiger partial charge in [-0.3, -0.25) is 4.79 Å². The maximum Gasteiger partial charge on any atom is 0.435 e. The van der Waals surface area contributed by atoms with Crippen molar-refractivity contribution < 1.29 is 22.7 Å². The third-order valence-corrected chi connectivity index (χ3v) is 5.57. The number of methoxy groups -OCH3 is 1. The summed E-state index contributed by atoms with van der Waals surface area (Å²) in [7, 11) is 1.41. The van der Waals surface area contributed by atoms with Crippen LogP contribution in [0.4, 0.5) is 18.9 Å². The Kier molecular flexibility index (Phi) is 6.98. The van der Waals surface area contributed by atoms with Crippen molar-refractivity contribution in [2.24, 2.45) is 10.9 Å². The molecule has 32 heavy (non-hydrogen) atoms. The van der Waals surface area contributed by atoms with Crippen LogP contribution in [-0.2, 0) is 6.18 Å². The second-order valence-corrected chi connectivity index (χ2v) is 7.64. The van der Waals surface area contributed by atoms with Gasteiger partial charge in [-0.2, -0.15) is 18.3 Å². The number of hydrogen-bond donors (Lipinski definition) is 3. The minimum atomic E-state index is -4.79. The van der Waals surface area contributed by atoms with Crippen molar-refractivity contribution in [3.63, 3.8) is 0 Å². The predicted molar refractivity (Wildman–Crippen MR) is 118 cm³/mol. The van der Waals surface area contributed by atoms with Gasteiger partial charge in [0.15, 0.2) is 5.69 Å². The van der Waals surface area contributed by atoms with Crippen molar-refractivity contribution in [2.75, 3.05) is 12.4 Å². The molecular formula is C21H20F3N5O2S. The number of para-hydroxylation sites is 1. The molecule has 3 rings (SSSR count). The zero-order chi connectivity index (χ0) is 23.3. The van der Waals surface area contributed by atoms with Crippen LogP contribution in [0.3, 0.4) is 0 Å². The molecule has 0 aliphatic heterocycles. The number of thiazole rings is 1. The summed E-state index contributed by atoms with van der Waals surface area (Å²) in [6.07, 6.45) is -3.51. The number of aromatic nitrogens is 1. The molecular weight excluding hydrogens is 443 g/mol. The highest BCUT2D eigenvalue weighted by Gasteiger charge is 2.40. The summed E-state index contributed by atoms with van der Waals surface area (Å²) in [5.41, 5.74) is 0.474. The molecule has 1 aromatic heterocycles. The van der Waals surface area contributed by atoms with Crippen molar-refractivity contribution in [2.45, 2.75) is 19.1 Å². The van der Waals surface area contributed by atoms with Crippen molar-refractivity contribution in [1.29, 1.82) is 0 Å². The van der Waals surface area contributed by atoms with E-state index in [1.807, 2.05) is 0 Å². The summed E-state index contributed by atoms with van der Waals surface area (Å²) in [4.78, 5) is 16.0. The summed E-state index contributed by atoms with van der Waals surface area (Å²) in [5.74, 6) is 4.55. The highest BCUT2D eigenvalue weighted by Crippen LogP contribution is 2.40. The van der Waals surface area contributed by atoms with E-state index in [0.717, 1.165) is 0 Å². The SMILES string of the molecule is COc1ccccc1-c1nc(C(F)(F)F)c(C(=O)NC(C)c2cccc(NC=NN)c2)s1. The van der Waals surface area contributed by atoms with Gasteiger partial charge in [-0.1, -0.05) is 24.3 Å². The third-order valence-electron chi connectivity index (χ3n) is 4.48. The zero-order valence-electron chi connectivity index (χ0n) is 17.1. The van der Waals surface area contributed by atoms with E-state index in [2.05, 4.69) is 20.7 Å². The van der Waals surface area contributed by atoms with Gasteiger partial charge in [-0.05, 0) is 36.8 Å². The minimum absolute atomic E-state index is 0.0415. The number of carbonyl (C=O) groups is 1. The molecule has 0 saturated carbocycles. The number of rotatable bonds is 7. The fourth-order valence-electron chi connectivity index (χ4n) is 2.96. The van der Waals surface area contributed by atoms with Crippen molar-refractivity contribution in [3.8, 4) is 16.3 Å². The van der Waals surface area contributed by atoms with E-state index in [1.165, 1.54) is 13.4 Å². The first-order valence-corrected chi connectivity index (χ1v) is 10.2. The summed E-state index contributed by atoms with van der Waals surface area (Å²) < 4.78 is 46.2. The number of amides is 1. The number of alkyl halides is 3. The molecule has 0 aliphatic rings. The van der Waals surface area contributed by atoms with E-state index >= 15 is 0 Å². The maximum absolute atomic E-state index is 13.7. The lowest BCUT2D eigenvalue weighted by Gasteiger charge is -2.15. The number of ether oxygens (including phenoxy) is 1. The molecule has 0 saturated heterocycles. The molecule has 2 aromatic carbocycles. The van der Waals surface area contributed by atoms with Gasteiger partial charge < -0.3 is 21.2 Å². The lowest BCUT2D eigenvalue weighted by molar-refractivity contribution is -0.141. The van der Waals surface area contributed by atoms with Crippen molar-refractivity contribution >= 4 is 29.3 Å². The first-order valence-electron chi connectivity index (χ1n) is 9.35.